The van der Waals surface area contributed by atoms with Crippen molar-refractivity contribution in [3.8, 4) is 6.07 Å². The van der Waals surface area contributed by atoms with Gasteiger partial charge < -0.3 is 9.80 Å². The average molecular weight is 437 g/mol. The molecule has 1 aliphatic carbocycles. The second-order valence-corrected chi connectivity index (χ2v) is 9.22. The molecular formula is C21H20N6OS2. The number of carbonyl (C=O) groups excluding carboxylic acids is 1. The molecule has 0 N–H and O–H groups in total. The van der Waals surface area contributed by atoms with Gasteiger partial charge in [-0.1, -0.05) is 11.3 Å². The number of aromatic nitrogens is 3. The zero-order valence-electron chi connectivity index (χ0n) is 16.5. The van der Waals surface area contributed by atoms with Crippen molar-refractivity contribution in [3.63, 3.8) is 0 Å². The summed E-state index contributed by atoms with van der Waals surface area (Å²) < 4.78 is 0. The highest BCUT2D eigenvalue weighted by Crippen LogP contribution is 2.41. The van der Waals surface area contributed by atoms with Crippen LogP contribution in [0.25, 0.3) is 10.3 Å². The molecule has 1 saturated heterocycles. The van der Waals surface area contributed by atoms with Crippen LogP contribution in [0.15, 0.2) is 29.4 Å². The van der Waals surface area contributed by atoms with Crippen molar-refractivity contribution in [2.45, 2.75) is 23.8 Å². The normalized spacial score (nSPS) is 16.7. The fourth-order valence-corrected chi connectivity index (χ4v) is 5.24. The number of amides is 1. The number of piperazine rings is 1. The van der Waals surface area contributed by atoms with Crippen molar-refractivity contribution in [2.75, 3.05) is 37.3 Å². The smallest absolute Gasteiger partial charge is 0.255 e. The van der Waals surface area contributed by atoms with E-state index in [1.165, 1.54) is 11.8 Å². The van der Waals surface area contributed by atoms with Crippen molar-refractivity contribution in [2.24, 2.45) is 0 Å². The Kier molecular flexibility index (Phi) is 5.05. The number of nitrogens with zero attached hydrogens (tertiary/aromatic N) is 6. The third-order valence-electron chi connectivity index (χ3n) is 5.53. The lowest BCUT2D eigenvalue weighted by molar-refractivity contribution is 0.0746. The van der Waals surface area contributed by atoms with Gasteiger partial charge in [-0.25, -0.2) is 15.0 Å². The Labute approximate surface area is 182 Å². The zero-order valence-corrected chi connectivity index (χ0v) is 18.2. The lowest BCUT2D eigenvalue weighted by Gasteiger charge is -2.34. The molecule has 4 heterocycles. The SMILES string of the molecule is CSc1nc(C2CC2)cc(C(=O)N2CCN(c3nc4cccnc4s3)CC2)c1C#N. The first kappa shape index (κ1) is 19.3. The van der Waals surface area contributed by atoms with E-state index in [1.54, 1.807) is 17.5 Å². The van der Waals surface area contributed by atoms with Gasteiger partial charge in [-0.05, 0) is 37.3 Å². The Morgan fingerprint density at radius 3 is 2.73 bits per heavy atom. The van der Waals surface area contributed by atoms with Crippen LogP contribution in [0.4, 0.5) is 5.13 Å². The molecule has 1 amide bonds. The minimum absolute atomic E-state index is 0.0724. The van der Waals surface area contributed by atoms with Gasteiger partial charge in [-0.15, -0.1) is 11.8 Å². The van der Waals surface area contributed by atoms with E-state index in [4.69, 9.17) is 0 Å². The number of fused-ring (bicyclic) bond motifs is 1. The van der Waals surface area contributed by atoms with E-state index >= 15 is 0 Å². The maximum absolute atomic E-state index is 13.3. The van der Waals surface area contributed by atoms with E-state index in [9.17, 15) is 10.1 Å². The summed E-state index contributed by atoms with van der Waals surface area (Å²) in [6, 6.07) is 7.93. The number of hydrogen-bond acceptors (Lipinski definition) is 8. The van der Waals surface area contributed by atoms with Crippen LogP contribution in [0.3, 0.4) is 0 Å². The Hall–Kier alpha value is -2.70. The maximum atomic E-state index is 13.3. The third kappa shape index (κ3) is 3.50. The van der Waals surface area contributed by atoms with E-state index in [0.717, 1.165) is 34.0 Å². The largest absolute Gasteiger partial charge is 0.344 e. The summed E-state index contributed by atoms with van der Waals surface area (Å²) in [7, 11) is 0. The molecule has 7 nitrogen and oxygen atoms in total. The Balaban J connectivity index is 1.35. The van der Waals surface area contributed by atoms with Gasteiger partial charge in [0.05, 0.1) is 11.1 Å². The van der Waals surface area contributed by atoms with Crippen LogP contribution in [0, 0.1) is 11.3 Å². The first-order valence-corrected chi connectivity index (χ1v) is 12.0. The first-order chi connectivity index (χ1) is 14.7. The molecule has 1 saturated carbocycles. The molecule has 5 rings (SSSR count). The molecule has 2 fully saturated rings. The Bertz CT molecular complexity index is 1130. The van der Waals surface area contributed by atoms with E-state index in [2.05, 4.69) is 25.9 Å². The fraction of sp³-hybridized carbons (Fsp3) is 0.381. The summed E-state index contributed by atoms with van der Waals surface area (Å²) in [5.41, 5.74) is 2.75. The molecule has 3 aromatic heterocycles. The molecule has 0 aromatic carbocycles. The predicted molar refractivity (Wildman–Crippen MR) is 118 cm³/mol. The van der Waals surface area contributed by atoms with Crippen LogP contribution in [-0.4, -0.2) is 58.2 Å². The molecule has 0 bridgehead atoms. The maximum Gasteiger partial charge on any atom is 0.255 e. The standard InChI is InChI=1S/C21H20N6OS2/c1-29-18-15(12-22)14(11-17(24-18)13-4-5-13)20(28)26-7-9-27(10-8-26)21-25-16-3-2-6-23-19(16)30-21/h2-3,6,11,13H,4-5,7-10H2,1H3. The molecule has 1 aliphatic heterocycles. The number of thiazole rings is 1. The first-order valence-electron chi connectivity index (χ1n) is 9.92. The van der Waals surface area contributed by atoms with Crippen molar-refractivity contribution >= 4 is 44.5 Å². The molecule has 3 aromatic rings. The topological polar surface area (TPSA) is 86.0 Å². The number of pyridine rings is 2. The summed E-state index contributed by atoms with van der Waals surface area (Å²) in [5, 5.41) is 11.3. The summed E-state index contributed by atoms with van der Waals surface area (Å²) >= 11 is 3.01. The highest BCUT2D eigenvalue weighted by atomic mass is 32.2. The Morgan fingerprint density at radius 1 is 1.27 bits per heavy atom. The van der Waals surface area contributed by atoms with Crippen LogP contribution in [-0.2, 0) is 0 Å². The quantitative estimate of drug-likeness (QED) is 0.578. The number of rotatable bonds is 4. The Morgan fingerprint density at radius 2 is 2.07 bits per heavy atom. The molecule has 0 unspecified atom stereocenters. The van der Waals surface area contributed by atoms with E-state index < -0.39 is 0 Å². The van der Waals surface area contributed by atoms with E-state index in [0.29, 0.717) is 48.2 Å². The summed E-state index contributed by atoms with van der Waals surface area (Å²) in [4.78, 5) is 32.0. The number of anilines is 1. The van der Waals surface area contributed by atoms with Gasteiger partial charge in [-0.3, -0.25) is 4.79 Å². The lowest BCUT2D eigenvalue weighted by Crippen LogP contribution is -2.49. The van der Waals surface area contributed by atoms with Gasteiger partial charge in [-0.2, -0.15) is 5.26 Å². The number of nitriles is 1. The minimum Gasteiger partial charge on any atom is -0.344 e. The van der Waals surface area contributed by atoms with Crippen molar-refractivity contribution in [1.29, 1.82) is 5.26 Å². The molecule has 0 spiro atoms. The molecular weight excluding hydrogens is 416 g/mol. The highest BCUT2D eigenvalue weighted by molar-refractivity contribution is 7.98. The minimum atomic E-state index is -0.0724. The molecule has 2 aliphatic rings. The van der Waals surface area contributed by atoms with E-state index in [-0.39, 0.29) is 5.91 Å². The van der Waals surface area contributed by atoms with Gasteiger partial charge in [0.25, 0.3) is 5.91 Å². The van der Waals surface area contributed by atoms with Crippen LogP contribution in [0.5, 0.6) is 0 Å². The summed E-state index contributed by atoms with van der Waals surface area (Å²) in [6.07, 6.45) is 5.90. The van der Waals surface area contributed by atoms with Crippen molar-refractivity contribution in [3.05, 3.63) is 41.2 Å². The number of thioether (sulfide) groups is 1. The monoisotopic (exact) mass is 436 g/mol. The van der Waals surface area contributed by atoms with Gasteiger partial charge >= 0.3 is 0 Å². The van der Waals surface area contributed by atoms with Gasteiger partial charge in [0.2, 0.25) is 0 Å². The van der Waals surface area contributed by atoms with E-state index in [1.807, 2.05) is 29.4 Å². The average Bonchev–Trinajstić information content (AvgIpc) is 3.56. The van der Waals surface area contributed by atoms with Gasteiger partial charge in [0.15, 0.2) is 5.13 Å². The molecule has 9 heteroatoms. The lowest BCUT2D eigenvalue weighted by atomic mass is 10.1. The van der Waals surface area contributed by atoms with Crippen molar-refractivity contribution in [1.82, 2.24) is 19.9 Å². The molecule has 0 atom stereocenters. The number of carbonyl (C=O) groups is 1. The molecule has 0 radical (unpaired) electrons. The summed E-state index contributed by atoms with van der Waals surface area (Å²) in [6.45, 7) is 2.62. The highest BCUT2D eigenvalue weighted by Gasteiger charge is 2.31. The van der Waals surface area contributed by atoms with Gasteiger partial charge in [0, 0.05) is 44.0 Å². The fourth-order valence-electron chi connectivity index (χ4n) is 3.72. The zero-order chi connectivity index (χ0) is 20.7. The van der Waals surface area contributed by atoms with Gasteiger partial charge in [0.1, 0.15) is 21.4 Å². The van der Waals surface area contributed by atoms with Crippen LogP contribution >= 0.6 is 23.1 Å². The van der Waals surface area contributed by atoms with Crippen molar-refractivity contribution < 1.29 is 4.79 Å². The third-order valence-corrected chi connectivity index (χ3v) is 7.25. The molecule has 152 valence electrons. The van der Waals surface area contributed by atoms with Crippen LogP contribution < -0.4 is 4.90 Å². The summed E-state index contributed by atoms with van der Waals surface area (Å²) in [5.74, 6) is 0.358. The van der Waals surface area contributed by atoms with Crippen LogP contribution in [0.2, 0.25) is 0 Å². The molecule has 30 heavy (non-hydrogen) atoms. The predicted octanol–water partition coefficient (Wildman–Crippen LogP) is 3.52. The van der Waals surface area contributed by atoms with Crippen LogP contribution in [0.1, 0.15) is 40.4 Å². The second kappa shape index (κ2) is 7.85. The number of hydrogen-bond donors (Lipinski definition) is 0. The second-order valence-electron chi connectivity index (χ2n) is 7.47.